The largest absolute Gasteiger partial charge is 0.481 e. The van der Waals surface area contributed by atoms with Crippen molar-refractivity contribution in [2.45, 2.75) is 45.7 Å². The van der Waals surface area contributed by atoms with Crippen molar-refractivity contribution in [2.24, 2.45) is 5.92 Å². The molecule has 0 saturated carbocycles. The minimum Gasteiger partial charge on any atom is -0.481 e. The molecule has 1 heterocycles. The zero-order chi connectivity index (χ0) is 14.1. The van der Waals surface area contributed by atoms with Crippen LogP contribution < -0.4 is 0 Å². The highest BCUT2D eigenvalue weighted by atomic mass is 16.4. The number of hydrogen-bond donors (Lipinski definition) is 1. The number of rotatable bonds is 2. The fourth-order valence-electron chi connectivity index (χ4n) is 2.46. The van der Waals surface area contributed by atoms with Gasteiger partial charge in [-0.05, 0) is 33.7 Å². The van der Waals surface area contributed by atoms with Crippen LogP contribution in [0.25, 0.3) is 0 Å². The van der Waals surface area contributed by atoms with E-state index in [-0.39, 0.29) is 17.9 Å². The molecule has 0 radical (unpaired) electrons. The molecule has 0 aromatic carbocycles. The van der Waals surface area contributed by atoms with Gasteiger partial charge >= 0.3 is 5.97 Å². The predicted octanol–water partition coefficient (Wildman–Crippen LogP) is 1.04. The highest BCUT2D eigenvalue weighted by molar-refractivity contribution is 5.87. The van der Waals surface area contributed by atoms with Crippen LogP contribution in [-0.4, -0.2) is 58.5 Å². The van der Waals surface area contributed by atoms with Crippen molar-refractivity contribution in [3.8, 4) is 0 Å². The quantitative estimate of drug-likeness (QED) is 0.802. The average molecular weight is 256 g/mol. The van der Waals surface area contributed by atoms with Crippen molar-refractivity contribution >= 4 is 11.9 Å². The van der Waals surface area contributed by atoms with Crippen LogP contribution in [0.5, 0.6) is 0 Å². The molecule has 104 valence electrons. The molecular weight excluding hydrogens is 232 g/mol. The minimum atomic E-state index is -0.927. The summed E-state index contributed by atoms with van der Waals surface area (Å²) in [5.74, 6) is -0.655. The number of hydrogen-bond acceptors (Lipinski definition) is 3. The van der Waals surface area contributed by atoms with Gasteiger partial charge in [0.2, 0.25) is 5.91 Å². The van der Waals surface area contributed by atoms with E-state index in [1.54, 1.807) is 0 Å². The molecule has 0 aliphatic carbocycles. The molecule has 2 atom stereocenters. The summed E-state index contributed by atoms with van der Waals surface area (Å²) in [4.78, 5) is 27.1. The maximum atomic E-state index is 12.5. The summed E-state index contributed by atoms with van der Waals surface area (Å²) in [6, 6.07) is -0.549. The lowest BCUT2D eigenvalue weighted by Gasteiger charge is -2.37. The predicted molar refractivity (Wildman–Crippen MR) is 69.3 cm³/mol. The van der Waals surface area contributed by atoms with Gasteiger partial charge in [-0.2, -0.15) is 0 Å². The number of likely N-dealkylation sites (N-methyl/N-ethyl adjacent to an activating group) is 1. The number of carbonyl (C=O) groups excluding carboxylic acids is 1. The topological polar surface area (TPSA) is 60.9 Å². The van der Waals surface area contributed by atoms with E-state index in [9.17, 15) is 9.59 Å². The molecule has 18 heavy (non-hydrogen) atoms. The number of aliphatic carboxylic acids is 1. The number of nitrogens with zero attached hydrogens (tertiary/aromatic N) is 2. The van der Waals surface area contributed by atoms with Gasteiger partial charge in [0.1, 0.15) is 0 Å². The van der Waals surface area contributed by atoms with Crippen LogP contribution in [0.2, 0.25) is 0 Å². The van der Waals surface area contributed by atoms with Crippen LogP contribution in [0.3, 0.4) is 0 Å². The Balaban J connectivity index is 3.02. The van der Waals surface area contributed by atoms with Crippen LogP contribution >= 0.6 is 0 Å². The Morgan fingerprint density at radius 2 is 1.94 bits per heavy atom. The molecule has 0 aromatic rings. The van der Waals surface area contributed by atoms with E-state index in [0.29, 0.717) is 12.5 Å². The Morgan fingerprint density at radius 3 is 2.39 bits per heavy atom. The second-order valence-corrected chi connectivity index (χ2v) is 6.28. The number of carboxylic acids is 1. The first-order valence-electron chi connectivity index (χ1n) is 6.36. The Labute approximate surface area is 109 Å². The molecule has 0 bridgehead atoms. The van der Waals surface area contributed by atoms with Crippen molar-refractivity contribution < 1.29 is 14.7 Å². The van der Waals surface area contributed by atoms with Gasteiger partial charge in [-0.1, -0.05) is 6.92 Å². The molecule has 5 heteroatoms. The molecule has 1 fully saturated rings. The third kappa shape index (κ3) is 3.45. The fraction of sp³-hybridized carbons (Fsp3) is 0.846. The normalized spacial score (nSPS) is 27.2. The number of amides is 1. The van der Waals surface area contributed by atoms with E-state index in [4.69, 9.17) is 5.11 Å². The van der Waals surface area contributed by atoms with E-state index in [0.717, 1.165) is 6.54 Å². The van der Waals surface area contributed by atoms with Gasteiger partial charge in [-0.15, -0.1) is 0 Å². The monoisotopic (exact) mass is 256 g/mol. The van der Waals surface area contributed by atoms with Gasteiger partial charge in [0.15, 0.2) is 0 Å². The summed E-state index contributed by atoms with van der Waals surface area (Å²) in [6.45, 7) is 9.48. The van der Waals surface area contributed by atoms with Crippen molar-refractivity contribution in [2.75, 3.05) is 20.1 Å². The van der Waals surface area contributed by atoms with E-state index in [1.807, 2.05) is 37.6 Å². The first-order chi connectivity index (χ1) is 8.12. The van der Waals surface area contributed by atoms with Crippen LogP contribution in [0.4, 0.5) is 0 Å². The minimum absolute atomic E-state index is 0.0725. The number of carboxylic acid groups (broad SMARTS) is 1. The number of carbonyl (C=O) groups is 2. The van der Waals surface area contributed by atoms with E-state index >= 15 is 0 Å². The van der Waals surface area contributed by atoms with Gasteiger partial charge < -0.3 is 10.0 Å². The maximum absolute atomic E-state index is 12.5. The van der Waals surface area contributed by atoms with Gasteiger partial charge in [0.05, 0.1) is 12.5 Å². The summed E-state index contributed by atoms with van der Waals surface area (Å²) >= 11 is 0. The average Bonchev–Trinajstić information content (AvgIpc) is 2.27. The molecule has 1 rings (SSSR count). The zero-order valence-electron chi connectivity index (χ0n) is 11.9. The van der Waals surface area contributed by atoms with Crippen LogP contribution in [0, 0.1) is 5.92 Å². The highest BCUT2D eigenvalue weighted by Gasteiger charge is 2.38. The first-order valence-corrected chi connectivity index (χ1v) is 6.36. The molecule has 1 aliphatic rings. The summed E-state index contributed by atoms with van der Waals surface area (Å²) in [5, 5.41) is 8.95. The third-order valence-electron chi connectivity index (χ3n) is 3.35. The van der Waals surface area contributed by atoms with Crippen LogP contribution in [0.15, 0.2) is 0 Å². The summed E-state index contributed by atoms with van der Waals surface area (Å²) in [6.07, 6.45) is -0.130. The lowest BCUT2D eigenvalue weighted by Crippen LogP contribution is -2.52. The second-order valence-electron chi connectivity index (χ2n) is 6.28. The smallest absolute Gasteiger partial charge is 0.305 e. The lowest BCUT2D eigenvalue weighted by atomic mass is 10.0. The lowest BCUT2D eigenvalue weighted by molar-refractivity contribution is -0.146. The van der Waals surface area contributed by atoms with Crippen molar-refractivity contribution in [1.29, 1.82) is 0 Å². The Hall–Kier alpha value is -1.10. The maximum Gasteiger partial charge on any atom is 0.305 e. The molecular formula is C13H24N2O3. The Kier molecular flexibility index (Phi) is 4.37. The second kappa shape index (κ2) is 5.26. The van der Waals surface area contributed by atoms with E-state index in [2.05, 4.69) is 6.92 Å². The summed E-state index contributed by atoms with van der Waals surface area (Å²) in [7, 11) is 1.83. The zero-order valence-corrected chi connectivity index (χ0v) is 11.9. The Bertz CT molecular complexity index is 336. The van der Waals surface area contributed by atoms with E-state index in [1.165, 1.54) is 0 Å². The van der Waals surface area contributed by atoms with E-state index < -0.39 is 12.0 Å². The molecule has 2 unspecified atom stereocenters. The van der Waals surface area contributed by atoms with Crippen molar-refractivity contribution in [3.63, 3.8) is 0 Å². The third-order valence-corrected chi connectivity index (χ3v) is 3.35. The van der Waals surface area contributed by atoms with Crippen LogP contribution in [-0.2, 0) is 9.59 Å². The van der Waals surface area contributed by atoms with Crippen molar-refractivity contribution in [3.05, 3.63) is 0 Å². The van der Waals surface area contributed by atoms with Gasteiger partial charge in [0.25, 0.3) is 0 Å². The van der Waals surface area contributed by atoms with Gasteiger partial charge in [-0.25, -0.2) is 0 Å². The highest BCUT2D eigenvalue weighted by Crippen LogP contribution is 2.23. The fourth-order valence-corrected chi connectivity index (χ4v) is 2.46. The molecule has 0 spiro atoms. The molecule has 1 aliphatic heterocycles. The molecule has 1 N–H and O–H groups in total. The van der Waals surface area contributed by atoms with Gasteiger partial charge in [0, 0.05) is 18.6 Å². The molecule has 1 saturated heterocycles. The molecule has 1 amide bonds. The van der Waals surface area contributed by atoms with Gasteiger partial charge in [-0.3, -0.25) is 14.5 Å². The SMILES string of the molecule is CC1CN(C)C(CC(=O)O)C(=O)N(C(C)(C)C)C1. The Morgan fingerprint density at radius 1 is 1.39 bits per heavy atom. The van der Waals surface area contributed by atoms with Crippen LogP contribution in [0.1, 0.15) is 34.1 Å². The first kappa shape index (κ1) is 15.0. The standard InChI is InChI=1S/C13H24N2O3/c1-9-7-14(5)10(6-11(16)17)12(18)15(8-9)13(2,3)4/h9-10H,6-8H2,1-5H3,(H,16,17). The van der Waals surface area contributed by atoms with Crippen molar-refractivity contribution in [1.82, 2.24) is 9.80 Å². The molecule has 5 nitrogen and oxygen atoms in total. The summed E-state index contributed by atoms with van der Waals surface area (Å²) in [5.41, 5.74) is -0.271. The summed E-state index contributed by atoms with van der Waals surface area (Å²) < 4.78 is 0. The molecule has 0 aromatic heterocycles.